The predicted molar refractivity (Wildman–Crippen MR) is 105 cm³/mol. The zero-order valence-electron chi connectivity index (χ0n) is 16.5. The minimum Gasteiger partial charge on any atom is -0.497 e. The molecule has 1 saturated heterocycles. The second-order valence-corrected chi connectivity index (χ2v) is 7.75. The summed E-state index contributed by atoms with van der Waals surface area (Å²) in [5, 5.41) is 4.09. The van der Waals surface area contributed by atoms with Gasteiger partial charge in [-0.1, -0.05) is 18.0 Å². The molecular weight excluding hydrogens is 356 g/mol. The van der Waals surface area contributed by atoms with Gasteiger partial charge in [0.05, 0.1) is 13.7 Å². The first-order valence-electron chi connectivity index (χ1n) is 10.2. The van der Waals surface area contributed by atoms with Crippen molar-refractivity contribution in [1.82, 2.24) is 19.9 Å². The molecule has 1 aromatic heterocycles. The second-order valence-electron chi connectivity index (χ2n) is 7.75. The summed E-state index contributed by atoms with van der Waals surface area (Å²) in [6.45, 7) is 3.87. The van der Waals surface area contributed by atoms with Crippen LogP contribution in [0, 0.1) is 5.92 Å². The van der Waals surface area contributed by atoms with Crippen molar-refractivity contribution in [3.8, 4) is 17.1 Å². The van der Waals surface area contributed by atoms with E-state index >= 15 is 0 Å². The summed E-state index contributed by atoms with van der Waals surface area (Å²) in [5.41, 5.74) is 0.901. The minimum absolute atomic E-state index is 0.325. The van der Waals surface area contributed by atoms with Gasteiger partial charge >= 0.3 is 0 Å². The maximum atomic E-state index is 12.5. The number of piperazine rings is 1. The van der Waals surface area contributed by atoms with Crippen LogP contribution in [-0.2, 0) is 11.3 Å². The number of amides is 1. The largest absolute Gasteiger partial charge is 0.497 e. The number of ether oxygens (including phenoxy) is 1. The highest BCUT2D eigenvalue weighted by Crippen LogP contribution is 2.28. The van der Waals surface area contributed by atoms with Crippen LogP contribution in [0.3, 0.4) is 0 Å². The van der Waals surface area contributed by atoms with E-state index in [-0.39, 0.29) is 0 Å². The van der Waals surface area contributed by atoms with E-state index in [0.29, 0.717) is 30.1 Å². The summed E-state index contributed by atoms with van der Waals surface area (Å²) in [7, 11) is 1.64. The summed E-state index contributed by atoms with van der Waals surface area (Å²) in [6, 6.07) is 7.60. The average Bonchev–Trinajstić information content (AvgIpc) is 3.41. The van der Waals surface area contributed by atoms with Crippen molar-refractivity contribution in [2.75, 3.05) is 33.3 Å². The fraction of sp³-hybridized carbons (Fsp3) is 0.571. The molecule has 1 amide bonds. The lowest BCUT2D eigenvalue weighted by Gasteiger charge is -2.34. The Hall–Kier alpha value is -2.41. The Morgan fingerprint density at radius 2 is 1.86 bits per heavy atom. The molecule has 28 heavy (non-hydrogen) atoms. The van der Waals surface area contributed by atoms with Gasteiger partial charge in [0, 0.05) is 38.2 Å². The van der Waals surface area contributed by atoms with Crippen LogP contribution in [0.25, 0.3) is 11.4 Å². The van der Waals surface area contributed by atoms with Crippen LogP contribution in [-0.4, -0.2) is 59.1 Å². The Bertz CT molecular complexity index is 775. The maximum Gasteiger partial charge on any atom is 0.241 e. The summed E-state index contributed by atoms with van der Waals surface area (Å²) < 4.78 is 10.6. The molecule has 0 spiro atoms. The summed E-state index contributed by atoms with van der Waals surface area (Å²) in [6.07, 6.45) is 5.75. The monoisotopic (exact) mass is 384 g/mol. The zero-order chi connectivity index (χ0) is 19.3. The van der Waals surface area contributed by atoms with Crippen LogP contribution in [0.4, 0.5) is 0 Å². The van der Waals surface area contributed by atoms with Gasteiger partial charge in [-0.15, -0.1) is 0 Å². The Labute approximate surface area is 165 Å². The third-order valence-electron chi connectivity index (χ3n) is 5.84. The quantitative estimate of drug-likeness (QED) is 0.762. The van der Waals surface area contributed by atoms with E-state index < -0.39 is 0 Å². The fourth-order valence-corrected chi connectivity index (χ4v) is 4.11. The van der Waals surface area contributed by atoms with Gasteiger partial charge in [0.1, 0.15) is 5.75 Å². The minimum atomic E-state index is 0.325. The molecule has 1 aromatic carbocycles. The molecule has 7 nitrogen and oxygen atoms in total. The van der Waals surface area contributed by atoms with Crippen molar-refractivity contribution in [2.24, 2.45) is 5.92 Å². The standard InChI is InChI=1S/C21H28N4O3/c1-27-18-8-6-17(7-9-18)21-22-19(28-23-21)15-24-10-12-25(13-11-24)20(26)14-16-4-2-3-5-16/h6-9,16H,2-5,10-15H2,1H3. The Balaban J connectivity index is 1.26. The number of carbonyl (C=O) groups excluding carboxylic acids is 1. The lowest BCUT2D eigenvalue weighted by atomic mass is 10.0. The van der Waals surface area contributed by atoms with Gasteiger partial charge < -0.3 is 14.2 Å². The highest BCUT2D eigenvalue weighted by atomic mass is 16.5. The number of carbonyl (C=O) groups is 1. The van der Waals surface area contributed by atoms with Crippen LogP contribution >= 0.6 is 0 Å². The van der Waals surface area contributed by atoms with E-state index in [2.05, 4.69) is 15.0 Å². The molecule has 2 aliphatic rings. The third-order valence-corrected chi connectivity index (χ3v) is 5.84. The van der Waals surface area contributed by atoms with Crippen molar-refractivity contribution >= 4 is 5.91 Å². The van der Waals surface area contributed by atoms with E-state index in [0.717, 1.165) is 43.9 Å². The van der Waals surface area contributed by atoms with Crippen LogP contribution in [0.2, 0.25) is 0 Å². The van der Waals surface area contributed by atoms with E-state index in [1.165, 1.54) is 25.7 Å². The molecule has 2 aromatic rings. The molecule has 1 aliphatic carbocycles. The van der Waals surface area contributed by atoms with Crippen molar-refractivity contribution in [1.29, 1.82) is 0 Å². The number of methoxy groups -OCH3 is 1. The first-order chi connectivity index (χ1) is 13.7. The number of benzene rings is 1. The number of hydrogen-bond donors (Lipinski definition) is 0. The van der Waals surface area contributed by atoms with Gasteiger partial charge in [-0.3, -0.25) is 9.69 Å². The highest BCUT2D eigenvalue weighted by Gasteiger charge is 2.25. The molecular formula is C21H28N4O3. The van der Waals surface area contributed by atoms with Crippen molar-refractivity contribution in [3.63, 3.8) is 0 Å². The smallest absolute Gasteiger partial charge is 0.241 e. The molecule has 150 valence electrons. The van der Waals surface area contributed by atoms with E-state index in [4.69, 9.17) is 9.26 Å². The van der Waals surface area contributed by atoms with Crippen LogP contribution in [0.1, 0.15) is 38.0 Å². The Morgan fingerprint density at radius 3 is 2.54 bits per heavy atom. The number of aromatic nitrogens is 2. The molecule has 0 bridgehead atoms. The molecule has 0 N–H and O–H groups in total. The summed E-state index contributed by atoms with van der Waals surface area (Å²) in [4.78, 5) is 21.3. The maximum absolute atomic E-state index is 12.5. The van der Waals surface area contributed by atoms with Gasteiger partial charge in [-0.2, -0.15) is 4.98 Å². The molecule has 1 saturated carbocycles. The van der Waals surface area contributed by atoms with Gasteiger partial charge in [-0.25, -0.2) is 0 Å². The number of rotatable bonds is 6. The summed E-state index contributed by atoms with van der Waals surface area (Å²) in [5.74, 6) is 2.93. The first-order valence-corrected chi connectivity index (χ1v) is 10.2. The average molecular weight is 384 g/mol. The van der Waals surface area contributed by atoms with Gasteiger partial charge in [0.25, 0.3) is 0 Å². The van der Waals surface area contributed by atoms with Crippen molar-refractivity contribution in [3.05, 3.63) is 30.2 Å². The Morgan fingerprint density at radius 1 is 1.14 bits per heavy atom. The molecule has 0 radical (unpaired) electrons. The highest BCUT2D eigenvalue weighted by molar-refractivity contribution is 5.76. The lowest BCUT2D eigenvalue weighted by molar-refractivity contribution is -0.134. The van der Waals surface area contributed by atoms with Gasteiger partial charge in [0.2, 0.25) is 17.6 Å². The fourth-order valence-electron chi connectivity index (χ4n) is 4.11. The van der Waals surface area contributed by atoms with Crippen molar-refractivity contribution in [2.45, 2.75) is 38.6 Å². The SMILES string of the molecule is COc1ccc(-c2noc(CN3CCN(C(=O)CC4CCCC4)CC3)n2)cc1. The Kier molecular flexibility index (Phi) is 5.90. The van der Waals surface area contributed by atoms with E-state index in [1.807, 2.05) is 29.2 Å². The van der Waals surface area contributed by atoms with E-state index in [1.54, 1.807) is 7.11 Å². The van der Waals surface area contributed by atoms with Gasteiger partial charge in [0.15, 0.2) is 0 Å². The summed E-state index contributed by atoms with van der Waals surface area (Å²) >= 11 is 0. The first kappa shape index (κ1) is 18.9. The van der Waals surface area contributed by atoms with E-state index in [9.17, 15) is 4.79 Å². The van der Waals surface area contributed by atoms with Crippen molar-refractivity contribution < 1.29 is 14.1 Å². The zero-order valence-corrected chi connectivity index (χ0v) is 16.5. The molecule has 0 unspecified atom stereocenters. The molecule has 2 fully saturated rings. The predicted octanol–water partition coefficient (Wildman–Crippen LogP) is 2.97. The third kappa shape index (κ3) is 4.52. The van der Waals surface area contributed by atoms with Crippen LogP contribution < -0.4 is 4.74 Å². The molecule has 7 heteroatoms. The molecule has 1 aliphatic heterocycles. The molecule has 0 atom stereocenters. The number of hydrogen-bond acceptors (Lipinski definition) is 6. The lowest BCUT2D eigenvalue weighted by Crippen LogP contribution is -2.48. The second kappa shape index (κ2) is 8.73. The number of nitrogens with zero attached hydrogens (tertiary/aromatic N) is 4. The van der Waals surface area contributed by atoms with Crippen LogP contribution in [0.15, 0.2) is 28.8 Å². The van der Waals surface area contributed by atoms with Crippen LogP contribution in [0.5, 0.6) is 5.75 Å². The molecule has 4 rings (SSSR count). The molecule has 2 heterocycles. The van der Waals surface area contributed by atoms with Gasteiger partial charge in [-0.05, 0) is 43.0 Å². The normalized spacial score (nSPS) is 18.5. The topological polar surface area (TPSA) is 71.7 Å².